The van der Waals surface area contributed by atoms with Gasteiger partial charge in [0.1, 0.15) is 0 Å². The van der Waals surface area contributed by atoms with Crippen LogP contribution in [0.1, 0.15) is 71.1 Å². The van der Waals surface area contributed by atoms with Crippen LogP contribution in [0.2, 0.25) is 0 Å². The Bertz CT molecular complexity index is 879. The molecule has 34 heavy (non-hydrogen) atoms. The molecule has 5 saturated carbocycles. The van der Waals surface area contributed by atoms with Crippen molar-refractivity contribution in [3.05, 3.63) is 0 Å². The van der Waals surface area contributed by atoms with E-state index in [1.165, 1.54) is 0 Å². The predicted octanol–water partition coefficient (Wildman–Crippen LogP) is 3.82. The molecule has 0 N–H and O–H groups in total. The lowest BCUT2D eigenvalue weighted by atomic mass is 9.38. The first-order valence-electron chi connectivity index (χ1n) is 14.1. The molecule has 0 spiro atoms. The minimum atomic E-state index is -0.268. The third-order valence-corrected chi connectivity index (χ3v) is 11.8. The fourth-order valence-electron chi connectivity index (χ4n) is 10.9. The standard InChI is InChI=1S/C28H37NO5/c1-2-3-12-29-25(30)17-8-4-13-15-6-10-19-24-20(28(33)34-27(19)32)11-7-16(22(15)24)14-5-9-18(26(29)31)23(17)21(13)14/h13-24H,2-12H2,1H3. The highest BCUT2D eigenvalue weighted by molar-refractivity contribution is 6.00. The molecule has 0 aromatic heterocycles. The zero-order valence-electron chi connectivity index (χ0n) is 20.2. The molecule has 5 aliphatic carbocycles. The quantitative estimate of drug-likeness (QED) is 0.358. The van der Waals surface area contributed by atoms with Crippen LogP contribution in [0.15, 0.2) is 0 Å². The maximum atomic E-state index is 13.5. The summed E-state index contributed by atoms with van der Waals surface area (Å²) >= 11 is 0. The van der Waals surface area contributed by atoms with Gasteiger partial charge in [-0.1, -0.05) is 13.3 Å². The number of hydrogen-bond acceptors (Lipinski definition) is 5. The number of amides is 2. The fraction of sp³-hybridized carbons (Fsp3) is 0.857. The molecule has 8 unspecified atom stereocenters. The van der Waals surface area contributed by atoms with Crippen LogP contribution in [0.4, 0.5) is 0 Å². The Morgan fingerprint density at radius 1 is 0.618 bits per heavy atom. The Balaban J connectivity index is 1.25. The first-order valence-corrected chi connectivity index (χ1v) is 14.1. The topological polar surface area (TPSA) is 80.8 Å². The number of ether oxygens (including phenoxy) is 1. The smallest absolute Gasteiger partial charge is 0.316 e. The Kier molecular flexibility index (Phi) is 4.84. The van der Waals surface area contributed by atoms with E-state index in [0.29, 0.717) is 42.1 Å². The third-order valence-electron chi connectivity index (χ3n) is 11.8. The lowest BCUT2D eigenvalue weighted by Crippen LogP contribution is -2.67. The van der Waals surface area contributed by atoms with Crippen LogP contribution in [-0.4, -0.2) is 35.2 Å². The Hall–Kier alpha value is -1.72. The summed E-state index contributed by atoms with van der Waals surface area (Å²) in [5.74, 6) is 3.06. The van der Waals surface area contributed by atoms with Gasteiger partial charge in [0, 0.05) is 18.4 Å². The maximum Gasteiger partial charge on any atom is 0.316 e. The van der Waals surface area contributed by atoms with Crippen LogP contribution in [0.25, 0.3) is 0 Å². The van der Waals surface area contributed by atoms with Gasteiger partial charge in [0.15, 0.2) is 0 Å². The number of cyclic esters (lactones) is 2. The summed E-state index contributed by atoms with van der Waals surface area (Å²) in [5.41, 5.74) is 0. The SMILES string of the molecule is CCCCN1C(=O)C2CCC3C4CCC5C(=O)OC(=O)C6CCC(C7CCC(C1=O)C2C37)C4C56. The second kappa shape index (κ2) is 7.64. The van der Waals surface area contributed by atoms with Crippen molar-refractivity contribution < 1.29 is 23.9 Å². The predicted molar refractivity (Wildman–Crippen MR) is 122 cm³/mol. The van der Waals surface area contributed by atoms with E-state index < -0.39 is 0 Å². The first kappa shape index (κ1) is 21.6. The van der Waals surface area contributed by atoms with Crippen molar-refractivity contribution in [1.29, 1.82) is 0 Å². The molecule has 2 heterocycles. The van der Waals surface area contributed by atoms with Crippen molar-refractivity contribution in [2.24, 2.45) is 71.0 Å². The molecular formula is C28H37NO5. The number of rotatable bonds is 3. The van der Waals surface area contributed by atoms with Gasteiger partial charge in [0.05, 0.1) is 11.8 Å². The number of likely N-dealkylation sites (tertiary alicyclic amines) is 1. The van der Waals surface area contributed by atoms with E-state index in [-0.39, 0.29) is 59.3 Å². The van der Waals surface area contributed by atoms with Gasteiger partial charge in [-0.2, -0.15) is 0 Å². The zero-order valence-corrected chi connectivity index (χ0v) is 20.2. The van der Waals surface area contributed by atoms with Crippen molar-refractivity contribution in [3.8, 4) is 0 Å². The molecule has 6 nitrogen and oxygen atoms in total. The van der Waals surface area contributed by atoms with Gasteiger partial charge in [0.25, 0.3) is 0 Å². The average Bonchev–Trinajstić information content (AvgIpc) is 2.84. The largest absolute Gasteiger partial charge is 0.393 e. The van der Waals surface area contributed by atoms with Gasteiger partial charge in [-0.05, 0) is 105 Å². The molecule has 7 fully saturated rings. The lowest BCUT2D eigenvalue weighted by Gasteiger charge is -2.67. The number of hydrogen-bond donors (Lipinski definition) is 0. The molecule has 7 rings (SSSR count). The van der Waals surface area contributed by atoms with Crippen molar-refractivity contribution in [2.75, 3.05) is 6.54 Å². The molecular weight excluding hydrogens is 430 g/mol. The molecule has 0 radical (unpaired) electrons. The summed E-state index contributed by atoms with van der Waals surface area (Å²) in [7, 11) is 0. The summed E-state index contributed by atoms with van der Waals surface area (Å²) in [5, 5.41) is 0. The highest BCUT2D eigenvalue weighted by Crippen LogP contribution is 2.69. The number of nitrogens with zero attached hydrogens (tertiary/aromatic N) is 1. The van der Waals surface area contributed by atoms with Crippen molar-refractivity contribution in [2.45, 2.75) is 71.1 Å². The Morgan fingerprint density at radius 3 is 1.47 bits per heavy atom. The Morgan fingerprint density at radius 2 is 1.03 bits per heavy atom. The van der Waals surface area contributed by atoms with E-state index >= 15 is 0 Å². The van der Waals surface area contributed by atoms with E-state index in [9.17, 15) is 19.2 Å². The minimum Gasteiger partial charge on any atom is -0.393 e. The summed E-state index contributed by atoms with van der Waals surface area (Å²) in [6.45, 7) is 2.70. The van der Waals surface area contributed by atoms with Crippen LogP contribution < -0.4 is 0 Å². The normalized spacial score (nSPS) is 50.9. The van der Waals surface area contributed by atoms with Gasteiger partial charge in [-0.3, -0.25) is 24.1 Å². The van der Waals surface area contributed by atoms with E-state index in [0.717, 1.165) is 64.2 Å². The lowest BCUT2D eigenvalue weighted by molar-refractivity contribution is -0.217. The summed E-state index contributed by atoms with van der Waals surface area (Å²) < 4.78 is 5.21. The summed E-state index contributed by atoms with van der Waals surface area (Å²) in [6, 6.07) is 0. The highest BCUT2D eigenvalue weighted by atomic mass is 16.6. The molecule has 8 atom stereocenters. The number of unbranched alkanes of at least 4 members (excludes halogenated alkanes) is 1. The average molecular weight is 468 g/mol. The van der Waals surface area contributed by atoms with Gasteiger partial charge in [-0.25, -0.2) is 0 Å². The van der Waals surface area contributed by atoms with E-state index in [1.807, 2.05) is 0 Å². The van der Waals surface area contributed by atoms with Crippen LogP contribution >= 0.6 is 0 Å². The van der Waals surface area contributed by atoms with E-state index in [1.54, 1.807) is 4.90 Å². The van der Waals surface area contributed by atoms with E-state index in [4.69, 9.17) is 4.74 Å². The van der Waals surface area contributed by atoms with Gasteiger partial charge >= 0.3 is 11.9 Å². The first-order chi connectivity index (χ1) is 16.5. The molecule has 0 bridgehead atoms. The second-order valence-electron chi connectivity index (χ2n) is 12.6. The number of esters is 2. The maximum absolute atomic E-state index is 13.5. The molecule has 2 saturated heterocycles. The molecule has 2 aliphatic heterocycles. The highest BCUT2D eigenvalue weighted by Gasteiger charge is 2.67. The molecule has 0 aromatic carbocycles. The van der Waals surface area contributed by atoms with Crippen molar-refractivity contribution in [1.82, 2.24) is 4.90 Å². The molecule has 6 heteroatoms. The van der Waals surface area contributed by atoms with E-state index in [2.05, 4.69) is 6.92 Å². The fourth-order valence-corrected chi connectivity index (χ4v) is 10.9. The van der Waals surface area contributed by atoms with Gasteiger partial charge in [0.2, 0.25) is 11.8 Å². The number of imide groups is 1. The van der Waals surface area contributed by atoms with Crippen molar-refractivity contribution >= 4 is 23.8 Å². The zero-order chi connectivity index (χ0) is 23.3. The Labute approximate surface area is 201 Å². The van der Waals surface area contributed by atoms with Crippen LogP contribution in [0, 0.1) is 71.0 Å². The molecule has 0 aromatic rings. The summed E-state index contributed by atoms with van der Waals surface area (Å²) in [4.78, 5) is 54.1. The number of fused-ring (bicyclic) bond motifs is 2. The van der Waals surface area contributed by atoms with Crippen LogP contribution in [0.3, 0.4) is 0 Å². The van der Waals surface area contributed by atoms with Gasteiger partial charge in [-0.15, -0.1) is 0 Å². The summed E-state index contributed by atoms with van der Waals surface area (Å²) in [6.07, 6.45) is 9.63. The third kappa shape index (κ3) is 2.69. The van der Waals surface area contributed by atoms with Crippen LogP contribution in [-0.2, 0) is 23.9 Å². The molecule has 2 amide bonds. The van der Waals surface area contributed by atoms with Crippen LogP contribution in [0.5, 0.6) is 0 Å². The van der Waals surface area contributed by atoms with Crippen molar-refractivity contribution in [3.63, 3.8) is 0 Å². The second-order valence-corrected chi connectivity index (χ2v) is 12.6. The number of piperidine rings is 1. The van der Waals surface area contributed by atoms with Gasteiger partial charge < -0.3 is 4.74 Å². The molecule has 184 valence electrons. The number of carbonyl (C=O) groups excluding carboxylic acids is 4. The molecule has 7 aliphatic rings. The number of carbonyl (C=O) groups is 4. The minimum absolute atomic E-state index is 0.0269. The monoisotopic (exact) mass is 467 g/mol.